The minimum absolute atomic E-state index is 0.0598. The zero-order valence-electron chi connectivity index (χ0n) is 25.0. The first kappa shape index (κ1) is 33.5. The fourth-order valence-corrected chi connectivity index (χ4v) is 5.83. The summed E-state index contributed by atoms with van der Waals surface area (Å²) in [7, 11) is -1.46. The van der Waals surface area contributed by atoms with Crippen molar-refractivity contribution < 1.29 is 32.2 Å². The molecule has 43 heavy (non-hydrogen) atoms. The van der Waals surface area contributed by atoms with Gasteiger partial charge in [0.25, 0.3) is 10.0 Å². The number of sulfonamides is 1. The van der Waals surface area contributed by atoms with Gasteiger partial charge in [0.05, 0.1) is 31.4 Å². The molecule has 10 nitrogen and oxygen atoms in total. The van der Waals surface area contributed by atoms with Crippen molar-refractivity contribution in [2.24, 2.45) is 0 Å². The molecule has 3 aromatic carbocycles. The van der Waals surface area contributed by atoms with Crippen molar-refractivity contribution in [2.75, 3.05) is 38.2 Å². The summed E-state index contributed by atoms with van der Waals surface area (Å²) in [5, 5.41) is 3.35. The van der Waals surface area contributed by atoms with Crippen LogP contribution in [0.4, 0.5) is 5.69 Å². The molecule has 0 aliphatic carbocycles. The van der Waals surface area contributed by atoms with Gasteiger partial charge in [-0.15, -0.1) is 0 Å². The van der Waals surface area contributed by atoms with E-state index in [1.54, 1.807) is 55.5 Å². The Balaban J connectivity index is 2.07. The Morgan fingerprint density at radius 2 is 1.58 bits per heavy atom. The third-order valence-corrected chi connectivity index (χ3v) is 8.66. The van der Waals surface area contributed by atoms with E-state index in [2.05, 4.69) is 5.32 Å². The van der Waals surface area contributed by atoms with Crippen LogP contribution in [0.15, 0.2) is 71.6 Å². The molecular weight excluding hydrogens is 594 g/mol. The molecule has 0 aromatic heterocycles. The zero-order chi connectivity index (χ0) is 31.6. The van der Waals surface area contributed by atoms with E-state index in [0.717, 1.165) is 16.3 Å². The van der Waals surface area contributed by atoms with Crippen LogP contribution < -0.4 is 23.8 Å². The molecule has 0 heterocycles. The molecule has 232 valence electrons. The molecule has 0 aliphatic rings. The molecule has 12 heteroatoms. The number of anilines is 1. The maximum absolute atomic E-state index is 14.1. The molecule has 0 bridgehead atoms. The lowest BCUT2D eigenvalue weighted by atomic mass is 10.1. The molecule has 0 saturated carbocycles. The Morgan fingerprint density at radius 3 is 2.16 bits per heavy atom. The van der Waals surface area contributed by atoms with Crippen molar-refractivity contribution in [2.45, 2.75) is 44.7 Å². The van der Waals surface area contributed by atoms with E-state index in [1.165, 1.54) is 37.3 Å². The normalized spacial score (nSPS) is 11.8. The fourth-order valence-electron chi connectivity index (χ4n) is 4.27. The predicted molar refractivity (Wildman–Crippen MR) is 166 cm³/mol. The van der Waals surface area contributed by atoms with Gasteiger partial charge in [-0.2, -0.15) is 0 Å². The number of nitrogens with zero attached hydrogens (tertiary/aromatic N) is 2. The third kappa shape index (κ3) is 8.55. The summed E-state index contributed by atoms with van der Waals surface area (Å²) in [5.41, 5.74) is 0.962. The van der Waals surface area contributed by atoms with Gasteiger partial charge in [0, 0.05) is 24.2 Å². The van der Waals surface area contributed by atoms with E-state index in [-0.39, 0.29) is 28.8 Å². The van der Waals surface area contributed by atoms with Crippen molar-refractivity contribution in [1.29, 1.82) is 0 Å². The maximum Gasteiger partial charge on any atom is 0.264 e. The van der Waals surface area contributed by atoms with Crippen LogP contribution in [0.1, 0.15) is 32.8 Å². The monoisotopic (exact) mass is 631 g/mol. The van der Waals surface area contributed by atoms with Gasteiger partial charge in [0.15, 0.2) is 11.5 Å². The molecule has 2 amide bonds. The summed E-state index contributed by atoms with van der Waals surface area (Å²) < 4.78 is 45.4. The van der Waals surface area contributed by atoms with E-state index < -0.39 is 28.5 Å². The summed E-state index contributed by atoms with van der Waals surface area (Å²) >= 11 is 6.05. The van der Waals surface area contributed by atoms with Crippen LogP contribution in [0.25, 0.3) is 0 Å². The van der Waals surface area contributed by atoms with Crippen molar-refractivity contribution in [1.82, 2.24) is 10.2 Å². The Bertz CT molecular complexity index is 1480. The molecular formula is C31H38ClN3O7S. The molecule has 3 rings (SSSR count). The van der Waals surface area contributed by atoms with Gasteiger partial charge in [0.2, 0.25) is 11.8 Å². The van der Waals surface area contributed by atoms with Crippen LogP contribution in [-0.4, -0.2) is 65.1 Å². The SMILES string of the molecule is CCCNC(=O)[C@@H](C)N(Cc1ccc(Cl)cc1)C(=O)CN(c1ccc(OCC)cc1)S(=O)(=O)c1ccc(OC)c(OC)c1. The maximum atomic E-state index is 14.1. The van der Waals surface area contributed by atoms with Gasteiger partial charge in [-0.3, -0.25) is 13.9 Å². The summed E-state index contributed by atoms with van der Waals surface area (Å²) in [6.07, 6.45) is 0.721. The lowest BCUT2D eigenvalue weighted by Gasteiger charge is -2.32. The highest BCUT2D eigenvalue weighted by Crippen LogP contribution is 2.33. The van der Waals surface area contributed by atoms with Gasteiger partial charge in [-0.05, 0) is 74.4 Å². The highest BCUT2D eigenvalue weighted by Gasteiger charge is 2.33. The van der Waals surface area contributed by atoms with Crippen molar-refractivity contribution in [3.8, 4) is 17.2 Å². The van der Waals surface area contributed by atoms with Gasteiger partial charge >= 0.3 is 0 Å². The van der Waals surface area contributed by atoms with Crippen LogP contribution in [-0.2, 0) is 26.2 Å². The zero-order valence-corrected chi connectivity index (χ0v) is 26.6. The quantitative estimate of drug-likeness (QED) is 0.254. The minimum Gasteiger partial charge on any atom is -0.494 e. The lowest BCUT2D eigenvalue weighted by molar-refractivity contribution is -0.139. The van der Waals surface area contributed by atoms with E-state index >= 15 is 0 Å². The summed E-state index contributed by atoms with van der Waals surface area (Å²) in [6.45, 7) is 5.74. The Kier molecular flexibility index (Phi) is 12.1. The lowest BCUT2D eigenvalue weighted by Crippen LogP contribution is -2.51. The summed E-state index contributed by atoms with van der Waals surface area (Å²) in [6, 6.07) is 16.6. The van der Waals surface area contributed by atoms with Crippen molar-refractivity contribution in [3.63, 3.8) is 0 Å². The highest BCUT2D eigenvalue weighted by atomic mass is 35.5. The molecule has 1 atom stereocenters. The average Bonchev–Trinajstić information content (AvgIpc) is 3.01. The number of carbonyl (C=O) groups is 2. The predicted octanol–water partition coefficient (Wildman–Crippen LogP) is 4.89. The second kappa shape index (κ2) is 15.5. The minimum atomic E-state index is -4.31. The summed E-state index contributed by atoms with van der Waals surface area (Å²) in [4.78, 5) is 28.3. The van der Waals surface area contributed by atoms with Gasteiger partial charge in [0.1, 0.15) is 18.3 Å². The second-order valence-corrected chi connectivity index (χ2v) is 11.9. The first-order valence-electron chi connectivity index (χ1n) is 13.8. The molecule has 0 aliphatic heterocycles. The number of amides is 2. The molecule has 0 saturated heterocycles. The highest BCUT2D eigenvalue weighted by molar-refractivity contribution is 7.92. The third-order valence-electron chi connectivity index (χ3n) is 6.64. The number of nitrogens with one attached hydrogen (secondary N) is 1. The number of carbonyl (C=O) groups excluding carboxylic acids is 2. The Labute approximate surface area is 258 Å². The Morgan fingerprint density at radius 1 is 0.930 bits per heavy atom. The number of halogens is 1. The number of rotatable bonds is 15. The largest absolute Gasteiger partial charge is 0.494 e. The van der Waals surface area contributed by atoms with Crippen LogP contribution in [0.3, 0.4) is 0 Å². The number of hydrogen-bond donors (Lipinski definition) is 1. The number of ether oxygens (including phenoxy) is 3. The van der Waals surface area contributed by atoms with Crippen molar-refractivity contribution in [3.05, 3.63) is 77.3 Å². The Hall–Kier alpha value is -3.96. The molecule has 0 spiro atoms. The number of methoxy groups -OCH3 is 2. The van der Waals surface area contributed by atoms with Crippen LogP contribution in [0.2, 0.25) is 5.02 Å². The standard InChI is InChI=1S/C31H38ClN3O7S/c1-6-18-33-31(37)22(3)34(20-23-8-10-24(32)11-9-23)30(36)21-35(25-12-14-26(15-13-25)42-7-2)43(38,39)27-16-17-28(40-4)29(19-27)41-5/h8-17,19,22H,6-7,18,20-21H2,1-5H3,(H,33,37)/t22-/m1/s1. The first-order chi connectivity index (χ1) is 20.5. The smallest absolute Gasteiger partial charge is 0.264 e. The van der Waals surface area contributed by atoms with Gasteiger partial charge in [-0.1, -0.05) is 30.7 Å². The fraction of sp³-hybridized carbons (Fsp3) is 0.355. The second-order valence-electron chi connectivity index (χ2n) is 9.57. The van der Waals surface area contributed by atoms with Crippen LogP contribution >= 0.6 is 11.6 Å². The molecule has 0 unspecified atom stereocenters. The topological polar surface area (TPSA) is 114 Å². The number of benzene rings is 3. The number of hydrogen-bond acceptors (Lipinski definition) is 7. The van der Waals surface area contributed by atoms with E-state index in [0.29, 0.717) is 29.7 Å². The van der Waals surface area contributed by atoms with E-state index in [4.69, 9.17) is 25.8 Å². The van der Waals surface area contributed by atoms with Gasteiger partial charge < -0.3 is 24.4 Å². The summed E-state index contributed by atoms with van der Waals surface area (Å²) in [5.74, 6) is 0.191. The van der Waals surface area contributed by atoms with Crippen LogP contribution in [0, 0.1) is 0 Å². The first-order valence-corrected chi connectivity index (χ1v) is 15.7. The van der Waals surface area contributed by atoms with Crippen LogP contribution in [0.5, 0.6) is 17.2 Å². The molecule has 0 radical (unpaired) electrons. The molecule has 3 aromatic rings. The average molecular weight is 632 g/mol. The van der Waals surface area contributed by atoms with E-state index in [1.807, 2.05) is 13.8 Å². The molecule has 1 N–H and O–H groups in total. The molecule has 0 fully saturated rings. The van der Waals surface area contributed by atoms with Crippen molar-refractivity contribution >= 4 is 39.1 Å². The van der Waals surface area contributed by atoms with Gasteiger partial charge in [-0.25, -0.2) is 8.42 Å². The van der Waals surface area contributed by atoms with E-state index in [9.17, 15) is 18.0 Å².